The Hall–Kier alpha value is -1.68. The van der Waals surface area contributed by atoms with Gasteiger partial charge in [-0.25, -0.2) is 4.98 Å². The molecule has 4 heteroatoms. The molecule has 1 aromatic heterocycles. The number of nitrogens with two attached hydrogens (primary N) is 1. The minimum atomic E-state index is 0.0643. The van der Waals surface area contributed by atoms with E-state index in [1.54, 1.807) is 11.8 Å². The largest absolute Gasteiger partial charge is 0.473 e. The Labute approximate surface area is 118 Å². The average Bonchev–Trinajstić information content (AvgIpc) is 2.36. The quantitative estimate of drug-likeness (QED) is 0.918. The van der Waals surface area contributed by atoms with Crippen molar-refractivity contribution in [3.8, 4) is 5.88 Å². The van der Waals surface area contributed by atoms with Crippen LogP contribution in [0.4, 0.5) is 5.69 Å². The van der Waals surface area contributed by atoms with Gasteiger partial charge in [-0.1, -0.05) is 29.5 Å². The van der Waals surface area contributed by atoms with Gasteiger partial charge in [0.05, 0.1) is 11.8 Å². The van der Waals surface area contributed by atoms with Crippen LogP contribution in [-0.4, -0.2) is 11.1 Å². The lowest BCUT2D eigenvalue weighted by Crippen LogP contribution is -2.09. The van der Waals surface area contributed by atoms with Crippen LogP contribution in [0.3, 0.4) is 0 Å². The molecule has 1 heterocycles. The first-order valence-electron chi connectivity index (χ1n) is 6.22. The molecular weight excluding hydrogens is 256 g/mol. The van der Waals surface area contributed by atoms with E-state index in [0.717, 1.165) is 9.92 Å². The molecule has 100 valence electrons. The second-order valence-corrected chi connectivity index (χ2v) is 5.72. The first kappa shape index (κ1) is 13.7. The number of anilines is 1. The van der Waals surface area contributed by atoms with Gasteiger partial charge in [-0.15, -0.1) is 0 Å². The van der Waals surface area contributed by atoms with E-state index in [9.17, 15) is 0 Å². The van der Waals surface area contributed by atoms with E-state index in [4.69, 9.17) is 10.5 Å². The van der Waals surface area contributed by atoms with E-state index in [1.807, 2.05) is 26.0 Å². The third-order valence-corrected chi connectivity index (χ3v) is 3.40. The highest BCUT2D eigenvalue weighted by atomic mass is 32.2. The van der Waals surface area contributed by atoms with Gasteiger partial charge < -0.3 is 10.5 Å². The van der Waals surface area contributed by atoms with E-state index in [2.05, 4.69) is 36.2 Å². The summed E-state index contributed by atoms with van der Waals surface area (Å²) in [4.78, 5) is 5.60. The molecule has 0 saturated heterocycles. The van der Waals surface area contributed by atoms with Crippen LogP contribution in [0, 0.1) is 6.92 Å². The molecule has 0 atom stereocenters. The Balaban J connectivity index is 2.18. The summed E-state index contributed by atoms with van der Waals surface area (Å²) in [7, 11) is 0. The minimum absolute atomic E-state index is 0.0643. The van der Waals surface area contributed by atoms with Crippen molar-refractivity contribution in [1.82, 2.24) is 4.98 Å². The number of nitrogen functional groups attached to an aromatic ring is 1. The lowest BCUT2D eigenvalue weighted by Gasteiger charge is -2.12. The molecule has 1 aromatic carbocycles. The summed E-state index contributed by atoms with van der Waals surface area (Å²) in [6.07, 6.45) is 0.0643. The summed E-state index contributed by atoms with van der Waals surface area (Å²) in [6.45, 7) is 5.99. The maximum atomic E-state index is 5.85. The Morgan fingerprint density at radius 1 is 1.11 bits per heavy atom. The zero-order valence-corrected chi connectivity index (χ0v) is 12.2. The highest BCUT2D eigenvalue weighted by molar-refractivity contribution is 7.99. The van der Waals surface area contributed by atoms with Crippen molar-refractivity contribution >= 4 is 17.4 Å². The summed E-state index contributed by atoms with van der Waals surface area (Å²) >= 11 is 1.60. The number of nitrogens with zero attached hydrogens (tertiary/aromatic N) is 1. The Kier molecular flexibility index (Phi) is 4.32. The first-order valence-corrected chi connectivity index (χ1v) is 7.04. The van der Waals surface area contributed by atoms with E-state index >= 15 is 0 Å². The van der Waals surface area contributed by atoms with Crippen LogP contribution in [0.5, 0.6) is 5.88 Å². The SMILES string of the molecule is Cc1ccc(Sc2ccc(N)c(OC(C)C)n2)cc1. The van der Waals surface area contributed by atoms with Crippen LogP contribution in [0.2, 0.25) is 0 Å². The Morgan fingerprint density at radius 3 is 2.42 bits per heavy atom. The molecule has 0 aliphatic carbocycles. The number of rotatable bonds is 4. The lowest BCUT2D eigenvalue weighted by molar-refractivity contribution is 0.232. The molecule has 19 heavy (non-hydrogen) atoms. The fraction of sp³-hybridized carbons (Fsp3) is 0.267. The molecule has 0 amide bonds. The smallest absolute Gasteiger partial charge is 0.238 e. The zero-order valence-electron chi connectivity index (χ0n) is 11.4. The molecular formula is C15H18N2OS. The van der Waals surface area contributed by atoms with Gasteiger partial charge in [0.1, 0.15) is 5.03 Å². The number of aryl methyl sites for hydroxylation is 1. The van der Waals surface area contributed by atoms with Gasteiger partial charge in [0, 0.05) is 4.90 Å². The van der Waals surface area contributed by atoms with Crippen LogP contribution in [0.15, 0.2) is 46.3 Å². The first-order chi connectivity index (χ1) is 9.04. The number of benzene rings is 1. The van der Waals surface area contributed by atoms with Crippen molar-refractivity contribution in [3.05, 3.63) is 42.0 Å². The van der Waals surface area contributed by atoms with Gasteiger partial charge in [-0.3, -0.25) is 0 Å². The Morgan fingerprint density at radius 2 is 1.79 bits per heavy atom. The third-order valence-electron chi connectivity index (χ3n) is 2.45. The number of hydrogen-bond acceptors (Lipinski definition) is 4. The van der Waals surface area contributed by atoms with Crippen molar-refractivity contribution < 1.29 is 4.74 Å². The molecule has 0 unspecified atom stereocenters. The predicted molar refractivity (Wildman–Crippen MR) is 79.7 cm³/mol. The highest BCUT2D eigenvalue weighted by Crippen LogP contribution is 2.30. The second kappa shape index (κ2) is 5.97. The van der Waals surface area contributed by atoms with Gasteiger partial charge in [0.25, 0.3) is 0 Å². The maximum Gasteiger partial charge on any atom is 0.238 e. The van der Waals surface area contributed by atoms with Crippen molar-refractivity contribution in [2.45, 2.75) is 36.8 Å². The summed E-state index contributed by atoms with van der Waals surface area (Å²) in [5.41, 5.74) is 7.67. The summed E-state index contributed by atoms with van der Waals surface area (Å²) in [6, 6.07) is 12.1. The van der Waals surface area contributed by atoms with Gasteiger partial charge >= 0.3 is 0 Å². The molecule has 3 nitrogen and oxygen atoms in total. The zero-order chi connectivity index (χ0) is 13.8. The van der Waals surface area contributed by atoms with Gasteiger partial charge in [0.2, 0.25) is 5.88 Å². The second-order valence-electron chi connectivity index (χ2n) is 4.63. The maximum absolute atomic E-state index is 5.85. The van der Waals surface area contributed by atoms with E-state index in [-0.39, 0.29) is 6.10 Å². The standard InChI is InChI=1S/C15H18N2OS/c1-10(2)18-15-13(16)8-9-14(17-15)19-12-6-4-11(3)5-7-12/h4-10H,16H2,1-3H3. The van der Waals surface area contributed by atoms with E-state index in [0.29, 0.717) is 11.6 Å². The molecule has 0 aliphatic rings. The van der Waals surface area contributed by atoms with Crippen molar-refractivity contribution in [3.63, 3.8) is 0 Å². The minimum Gasteiger partial charge on any atom is -0.473 e. The van der Waals surface area contributed by atoms with Crippen molar-refractivity contribution in [2.24, 2.45) is 0 Å². The monoisotopic (exact) mass is 274 g/mol. The lowest BCUT2D eigenvalue weighted by atomic mass is 10.2. The molecule has 0 radical (unpaired) electrons. The number of hydrogen-bond donors (Lipinski definition) is 1. The van der Waals surface area contributed by atoms with E-state index in [1.165, 1.54) is 5.56 Å². The summed E-state index contributed by atoms with van der Waals surface area (Å²) in [5.74, 6) is 0.507. The molecule has 0 aliphatic heterocycles. The van der Waals surface area contributed by atoms with Gasteiger partial charge in [-0.2, -0.15) is 0 Å². The summed E-state index contributed by atoms with van der Waals surface area (Å²) < 4.78 is 5.59. The normalized spacial score (nSPS) is 10.7. The van der Waals surface area contributed by atoms with Gasteiger partial charge in [-0.05, 0) is 45.0 Å². The van der Waals surface area contributed by atoms with Crippen LogP contribution in [-0.2, 0) is 0 Å². The molecule has 0 bridgehead atoms. The fourth-order valence-electron chi connectivity index (χ4n) is 1.54. The Bertz CT molecular complexity index is 553. The molecule has 0 fully saturated rings. The molecule has 2 rings (SSSR count). The van der Waals surface area contributed by atoms with Crippen molar-refractivity contribution in [2.75, 3.05) is 5.73 Å². The molecule has 0 saturated carbocycles. The molecule has 0 spiro atoms. The van der Waals surface area contributed by atoms with Crippen molar-refractivity contribution in [1.29, 1.82) is 0 Å². The molecule has 2 N–H and O–H groups in total. The molecule has 2 aromatic rings. The highest BCUT2D eigenvalue weighted by Gasteiger charge is 2.07. The van der Waals surface area contributed by atoms with Crippen LogP contribution in [0.25, 0.3) is 0 Å². The number of pyridine rings is 1. The van der Waals surface area contributed by atoms with Crippen LogP contribution in [0.1, 0.15) is 19.4 Å². The topological polar surface area (TPSA) is 48.1 Å². The summed E-state index contributed by atoms with van der Waals surface area (Å²) in [5, 5.41) is 0.883. The number of aromatic nitrogens is 1. The average molecular weight is 274 g/mol. The van der Waals surface area contributed by atoms with Gasteiger partial charge in [0.15, 0.2) is 0 Å². The fourth-order valence-corrected chi connectivity index (χ4v) is 2.31. The third kappa shape index (κ3) is 3.89. The van der Waals surface area contributed by atoms with Crippen LogP contribution < -0.4 is 10.5 Å². The van der Waals surface area contributed by atoms with E-state index < -0.39 is 0 Å². The van der Waals surface area contributed by atoms with Crippen LogP contribution >= 0.6 is 11.8 Å². The number of ether oxygens (including phenoxy) is 1. The predicted octanol–water partition coefficient (Wildman–Crippen LogP) is 3.91.